The van der Waals surface area contributed by atoms with Crippen LogP contribution in [0.1, 0.15) is 99.9 Å². The molecule has 46 heavy (non-hydrogen) atoms. The van der Waals surface area contributed by atoms with Crippen molar-refractivity contribution in [2.24, 2.45) is 5.92 Å². The summed E-state index contributed by atoms with van der Waals surface area (Å²) in [5.41, 5.74) is 0.0973. The molecule has 2 saturated heterocycles. The number of hydrogen-bond donors (Lipinski definition) is 3. The minimum absolute atomic E-state index is 0.0254. The number of likely N-dealkylation sites (tertiary alicyclic amines) is 1. The van der Waals surface area contributed by atoms with Crippen LogP contribution in [0.4, 0.5) is 0 Å². The number of amides is 3. The Morgan fingerprint density at radius 2 is 1.61 bits per heavy atom. The monoisotopic (exact) mass is 630 g/mol. The van der Waals surface area contributed by atoms with Gasteiger partial charge in [0.05, 0.1) is 5.60 Å². The van der Waals surface area contributed by atoms with Crippen molar-refractivity contribution in [3.63, 3.8) is 0 Å². The molecule has 2 heterocycles. The highest BCUT2D eigenvalue weighted by molar-refractivity contribution is 6.00. The fourth-order valence-electron chi connectivity index (χ4n) is 7.42. The van der Waals surface area contributed by atoms with Gasteiger partial charge in [-0.05, 0) is 92.8 Å². The van der Waals surface area contributed by atoms with E-state index in [1.165, 1.54) is 12.8 Å². The van der Waals surface area contributed by atoms with Gasteiger partial charge < -0.3 is 25.4 Å². The van der Waals surface area contributed by atoms with Gasteiger partial charge in [0.25, 0.3) is 5.91 Å². The topological polar surface area (TPSA) is 111 Å². The van der Waals surface area contributed by atoms with Crippen molar-refractivity contribution in [3.05, 3.63) is 59.7 Å². The lowest BCUT2D eigenvalue weighted by atomic mass is 9.77. The molecule has 0 aromatic heterocycles. The summed E-state index contributed by atoms with van der Waals surface area (Å²) in [6.45, 7) is 5.63. The molecule has 9 heteroatoms. The molecule has 2 aromatic carbocycles. The van der Waals surface area contributed by atoms with Gasteiger partial charge in [-0.1, -0.05) is 44.7 Å². The SMILES string of the molecule is CCCCN1C(=O)[C@@H](CC2(O)CCCCC2)NC(=O)C12CCN(Cc1ccc(Oc3ccc(C(=O)NCC4CC4)cc3)cc1)CC2. The highest BCUT2D eigenvalue weighted by atomic mass is 16.5. The Bertz CT molecular complexity index is 1360. The first kappa shape index (κ1) is 32.5. The van der Waals surface area contributed by atoms with Crippen LogP contribution in [-0.4, -0.2) is 76.0 Å². The van der Waals surface area contributed by atoms with E-state index in [4.69, 9.17) is 4.74 Å². The molecule has 2 aliphatic heterocycles. The lowest BCUT2D eigenvalue weighted by Gasteiger charge is -2.52. The number of rotatable bonds is 12. The molecule has 2 aromatic rings. The van der Waals surface area contributed by atoms with Crippen molar-refractivity contribution >= 4 is 17.7 Å². The van der Waals surface area contributed by atoms with E-state index in [1.807, 2.05) is 29.2 Å². The Hall–Kier alpha value is -3.43. The summed E-state index contributed by atoms with van der Waals surface area (Å²) < 4.78 is 6.03. The van der Waals surface area contributed by atoms with Gasteiger partial charge in [0, 0.05) is 44.7 Å². The Morgan fingerprint density at radius 1 is 0.957 bits per heavy atom. The fraction of sp³-hybridized carbons (Fsp3) is 0.595. The third-order valence-corrected chi connectivity index (χ3v) is 10.5. The maximum Gasteiger partial charge on any atom is 0.251 e. The van der Waals surface area contributed by atoms with Crippen molar-refractivity contribution in [1.82, 2.24) is 20.4 Å². The average molecular weight is 631 g/mol. The second-order valence-electron chi connectivity index (χ2n) is 14.1. The highest BCUT2D eigenvalue weighted by Gasteiger charge is 2.54. The van der Waals surface area contributed by atoms with Crippen LogP contribution in [0.25, 0.3) is 0 Å². The van der Waals surface area contributed by atoms with Gasteiger partial charge in [0.15, 0.2) is 0 Å². The maximum atomic E-state index is 13.9. The number of hydrogen-bond acceptors (Lipinski definition) is 6. The average Bonchev–Trinajstić information content (AvgIpc) is 3.90. The van der Waals surface area contributed by atoms with Crippen molar-refractivity contribution in [1.29, 1.82) is 0 Å². The zero-order valence-electron chi connectivity index (χ0n) is 27.3. The van der Waals surface area contributed by atoms with Crippen LogP contribution < -0.4 is 15.4 Å². The van der Waals surface area contributed by atoms with E-state index in [1.54, 1.807) is 12.1 Å². The van der Waals surface area contributed by atoms with E-state index in [-0.39, 0.29) is 17.7 Å². The number of unbranched alkanes of at least 4 members (excludes halogenated alkanes) is 1. The van der Waals surface area contributed by atoms with Crippen LogP contribution in [0, 0.1) is 5.92 Å². The molecule has 0 radical (unpaired) electrons. The molecular weight excluding hydrogens is 580 g/mol. The number of ether oxygens (including phenoxy) is 1. The Morgan fingerprint density at radius 3 is 2.24 bits per heavy atom. The maximum absolute atomic E-state index is 13.9. The van der Waals surface area contributed by atoms with Crippen molar-refractivity contribution in [3.8, 4) is 11.5 Å². The number of nitrogens with zero attached hydrogens (tertiary/aromatic N) is 2. The van der Waals surface area contributed by atoms with Crippen molar-refractivity contribution in [2.45, 2.75) is 108 Å². The van der Waals surface area contributed by atoms with E-state index in [9.17, 15) is 19.5 Å². The summed E-state index contributed by atoms with van der Waals surface area (Å²) in [7, 11) is 0. The van der Waals surface area contributed by atoms with Crippen LogP contribution in [0.3, 0.4) is 0 Å². The van der Waals surface area contributed by atoms with Crippen LogP contribution in [0.15, 0.2) is 48.5 Å². The minimum Gasteiger partial charge on any atom is -0.457 e. The Kier molecular flexibility index (Phi) is 9.99. The van der Waals surface area contributed by atoms with E-state index < -0.39 is 17.2 Å². The number of carbonyl (C=O) groups excluding carboxylic acids is 3. The second-order valence-corrected chi connectivity index (χ2v) is 14.1. The lowest BCUT2D eigenvalue weighted by molar-refractivity contribution is -0.163. The summed E-state index contributed by atoms with van der Waals surface area (Å²) in [4.78, 5) is 44.2. The summed E-state index contributed by atoms with van der Waals surface area (Å²) in [6.07, 6.45) is 10.2. The molecule has 6 rings (SSSR count). The van der Waals surface area contributed by atoms with Gasteiger partial charge in [0.2, 0.25) is 11.8 Å². The third-order valence-electron chi connectivity index (χ3n) is 10.5. The van der Waals surface area contributed by atoms with Crippen LogP contribution in [0.5, 0.6) is 11.5 Å². The number of piperazine rings is 1. The van der Waals surface area contributed by atoms with E-state index >= 15 is 0 Å². The molecule has 9 nitrogen and oxygen atoms in total. The molecule has 0 unspecified atom stereocenters. The van der Waals surface area contributed by atoms with Gasteiger partial charge in [0.1, 0.15) is 23.1 Å². The highest BCUT2D eigenvalue weighted by Crippen LogP contribution is 2.38. The molecule has 3 amide bonds. The van der Waals surface area contributed by atoms with Crippen molar-refractivity contribution in [2.75, 3.05) is 26.2 Å². The molecule has 2 aliphatic carbocycles. The molecular formula is C37H50N4O5. The van der Waals surface area contributed by atoms with E-state index in [2.05, 4.69) is 34.6 Å². The standard InChI is InChI=1S/C37H50N4O5/c1-2-3-21-41-34(43)32(24-36(45)17-5-4-6-18-36)39-35(44)37(41)19-22-40(23-20-37)26-28-9-13-30(14-10-28)46-31-15-11-29(12-16-31)33(42)38-25-27-7-8-27/h9-16,27,32,45H,2-8,17-26H2,1H3,(H,38,42)(H,39,44)/t32-/m1/s1. The normalized spacial score (nSPS) is 22.8. The van der Waals surface area contributed by atoms with Crippen LogP contribution in [-0.2, 0) is 16.1 Å². The quantitative estimate of drug-likeness (QED) is 0.299. The number of carbonyl (C=O) groups is 3. The van der Waals surface area contributed by atoms with Gasteiger partial charge in [-0.3, -0.25) is 19.3 Å². The van der Waals surface area contributed by atoms with E-state index in [0.717, 1.165) is 69.6 Å². The molecule has 1 spiro atoms. The van der Waals surface area contributed by atoms with Gasteiger partial charge in [-0.2, -0.15) is 0 Å². The molecule has 1 atom stereocenters. The Labute approximate surface area is 273 Å². The smallest absolute Gasteiger partial charge is 0.251 e. The van der Waals surface area contributed by atoms with Gasteiger partial charge in [-0.15, -0.1) is 0 Å². The first-order chi connectivity index (χ1) is 22.3. The predicted molar refractivity (Wildman–Crippen MR) is 176 cm³/mol. The first-order valence-corrected chi connectivity index (χ1v) is 17.5. The zero-order valence-corrected chi connectivity index (χ0v) is 27.3. The zero-order chi connectivity index (χ0) is 32.1. The lowest BCUT2D eigenvalue weighted by Crippen LogP contribution is -2.73. The number of benzene rings is 2. The van der Waals surface area contributed by atoms with Crippen LogP contribution in [0.2, 0.25) is 0 Å². The van der Waals surface area contributed by atoms with Crippen LogP contribution >= 0.6 is 0 Å². The molecule has 3 N–H and O–H groups in total. The van der Waals surface area contributed by atoms with Gasteiger partial charge in [-0.25, -0.2) is 0 Å². The molecule has 248 valence electrons. The number of aliphatic hydroxyl groups is 1. The molecule has 0 bridgehead atoms. The molecule has 4 fully saturated rings. The summed E-state index contributed by atoms with van der Waals surface area (Å²) >= 11 is 0. The summed E-state index contributed by atoms with van der Waals surface area (Å²) in [5, 5.41) is 17.2. The third kappa shape index (κ3) is 7.58. The summed E-state index contributed by atoms with van der Waals surface area (Å²) in [5.74, 6) is 1.92. The molecule has 4 aliphatic rings. The fourth-order valence-corrected chi connectivity index (χ4v) is 7.42. The predicted octanol–water partition coefficient (Wildman–Crippen LogP) is 5.17. The first-order valence-electron chi connectivity index (χ1n) is 17.5. The second kappa shape index (κ2) is 14.1. The van der Waals surface area contributed by atoms with E-state index in [0.29, 0.717) is 55.9 Å². The number of piperidine rings is 1. The van der Waals surface area contributed by atoms with Crippen molar-refractivity contribution < 1.29 is 24.2 Å². The largest absolute Gasteiger partial charge is 0.457 e. The minimum atomic E-state index is -0.867. The summed E-state index contributed by atoms with van der Waals surface area (Å²) in [6, 6.07) is 14.6. The molecule has 2 saturated carbocycles. The van der Waals surface area contributed by atoms with Gasteiger partial charge >= 0.3 is 0 Å². The number of nitrogens with one attached hydrogen (secondary N) is 2. The Balaban J connectivity index is 1.02.